The van der Waals surface area contributed by atoms with Crippen molar-refractivity contribution in [3.63, 3.8) is 0 Å². The summed E-state index contributed by atoms with van der Waals surface area (Å²) < 4.78 is 5.38. The van der Waals surface area contributed by atoms with Crippen LogP contribution in [0.3, 0.4) is 0 Å². The molecule has 0 radical (unpaired) electrons. The van der Waals surface area contributed by atoms with Gasteiger partial charge in [0.15, 0.2) is 0 Å². The summed E-state index contributed by atoms with van der Waals surface area (Å²) in [5.41, 5.74) is 0. The standard InChI is InChI=1S/C10H16O2/c11-10-7-3-5-8-4-1-2-6-9(8)12-10/h8-9H,1-7H2/t8-,9+/m0/s1. The minimum absolute atomic E-state index is 0.0319. The van der Waals surface area contributed by atoms with Crippen LogP contribution in [0.15, 0.2) is 0 Å². The first-order chi connectivity index (χ1) is 5.86. The van der Waals surface area contributed by atoms with Gasteiger partial charge in [0.2, 0.25) is 0 Å². The lowest BCUT2D eigenvalue weighted by Crippen LogP contribution is -2.27. The summed E-state index contributed by atoms with van der Waals surface area (Å²) in [6.07, 6.45) is 8.12. The van der Waals surface area contributed by atoms with E-state index in [4.69, 9.17) is 4.74 Å². The molecular formula is C10H16O2. The Hall–Kier alpha value is -0.530. The van der Waals surface area contributed by atoms with Gasteiger partial charge in [-0.3, -0.25) is 4.79 Å². The number of fused-ring (bicyclic) bond motifs is 1. The molecule has 0 amide bonds. The number of ether oxygens (including phenoxy) is 1. The van der Waals surface area contributed by atoms with Crippen molar-refractivity contribution in [3.8, 4) is 0 Å². The number of hydrogen-bond acceptors (Lipinski definition) is 2. The highest BCUT2D eigenvalue weighted by Gasteiger charge is 2.30. The van der Waals surface area contributed by atoms with Crippen LogP contribution in [0.2, 0.25) is 0 Å². The number of carbonyl (C=O) groups is 1. The zero-order valence-corrected chi connectivity index (χ0v) is 7.42. The molecule has 12 heavy (non-hydrogen) atoms. The van der Waals surface area contributed by atoms with Crippen molar-refractivity contribution < 1.29 is 9.53 Å². The second kappa shape index (κ2) is 3.46. The van der Waals surface area contributed by atoms with Crippen LogP contribution in [-0.2, 0) is 9.53 Å². The maximum Gasteiger partial charge on any atom is 0.306 e. The molecule has 0 spiro atoms. The maximum atomic E-state index is 11.1. The van der Waals surface area contributed by atoms with Crippen molar-refractivity contribution in [3.05, 3.63) is 0 Å². The van der Waals surface area contributed by atoms with Gasteiger partial charge < -0.3 is 4.74 Å². The van der Waals surface area contributed by atoms with Gasteiger partial charge in [-0.05, 0) is 38.0 Å². The molecule has 1 saturated heterocycles. The smallest absolute Gasteiger partial charge is 0.306 e. The van der Waals surface area contributed by atoms with Crippen molar-refractivity contribution >= 4 is 5.97 Å². The van der Waals surface area contributed by atoms with E-state index in [0.29, 0.717) is 12.3 Å². The topological polar surface area (TPSA) is 26.3 Å². The Morgan fingerprint density at radius 1 is 1.08 bits per heavy atom. The summed E-state index contributed by atoms with van der Waals surface area (Å²) in [5.74, 6) is 0.717. The van der Waals surface area contributed by atoms with Crippen LogP contribution in [0.1, 0.15) is 44.9 Å². The lowest BCUT2D eigenvalue weighted by Gasteiger charge is -2.28. The predicted molar refractivity (Wildman–Crippen MR) is 45.7 cm³/mol. The highest BCUT2D eigenvalue weighted by Crippen LogP contribution is 2.32. The molecule has 0 aromatic rings. The number of carbonyl (C=O) groups excluding carboxylic acids is 1. The Balaban J connectivity index is 2.01. The van der Waals surface area contributed by atoms with Crippen LogP contribution < -0.4 is 0 Å². The molecule has 1 saturated carbocycles. The summed E-state index contributed by atoms with van der Waals surface area (Å²) in [6.45, 7) is 0. The highest BCUT2D eigenvalue weighted by molar-refractivity contribution is 5.69. The van der Waals surface area contributed by atoms with Gasteiger partial charge in [-0.2, -0.15) is 0 Å². The van der Waals surface area contributed by atoms with E-state index in [1.165, 1.54) is 25.7 Å². The van der Waals surface area contributed by atoms with Gasteiger partial charge in [0.25, 0.3) is 0 Å². The van der Waals surface area contributed by atoms with Crippen LogP contribution in [0.4, 0.5) is 0 Å². The molecule has 0 aromatic heterocycles. The fourth-order valence-corrected chi connectivity index (χ4v) is 2.40. The Kier molecular flexibility index (Phi) is 2.33. The molecule has 2 heteroatoms. The zero-order chi connectivity index (χ0) is 8.39. The predicted octanol–water partition coefficient (Wildman–Crippen LogP) is 2.27. The van der Waals surface area contributed by atoms with E-state index < -0.39 is 0 Å². The summed E-state index contributed by atoms with van der Waals surface area (Å²) in [6, 6.07) is 0. The third-order valence-electron chi connectivity index (χ3n) is 3.08. The van der Waals surface area contributed by atoms with Crippen molar-refractivity contribution in [2.75, 3.05) is 0 Å². The molecule has 68 valence electrons. The van der Waals surface area contributed by atoms with Gasteiger partial charge in [0.1, 0.15) is 6.10 Å². The Morgan fingerprint density at radius 3 is 2.75 bits per heavy atom. The van der Waals surface area contributed by atoms with E-state index in [2.05, 4.69) is 0 Å². The number of esters is 1. The van der Waals surface area contributed by atoms with E-state index in [-0.39, 0.29) is 12.1 Å². The summed E-state index contributed by atoms with van der Waals surface area (Å²) in [7, 11) is 0. The molecule has 2 atom stereocenters. The molecule has 1 aliphatic heterocycles. The van der Waals surface area contributed by atoms with E-state index in [1.807, 2.05) is 0 Å². The van der Waals surface area contributed by atoms with Crippen LogP contribution in [-0.4, -0.2) is 12.1 Å². The Morgan fingerprint density at radius 2 is 1.83 bits per heavy atom. The fourth-order valence-electron chi connectivity index (χ4n) is 2.40. The summed E-state index contributed by atoms with van der Waals surface area (Å²) >= 11 is 0. The van der Waals surface area contributed by atoms with E-state index in [1.54, 1.807) is 0 Å². The van der Waals surface area contributed by atoms with Crippen LogP contribution in [0.25, 0.3) is 0 Å². The lowest BCUT2D eigenvalue weighted by atomic mass is 9.84. The average Bonchev–Trinajstić information content (AvgIpc) is 2.25. The number of hydrogen-bond donors (Lipinski definition) is 0. The summed E-state index contributed by atoms with van der Waals surface area (Å²) in [4.78, 5) is 11.1. The van der Waals surface area contributed by atoms with Crippen molar-refractivity contribution in [1.82, 2.24) is 0 Å². The van der Waals surface area contributed by atoms with Crippen LogP contribution in [0, 0.1) is 5.92 Å². The molecule has 2 nitrogen and oxygen atoms in total. The molecule has 0 bridgehead atoms. The molecule has 2 aliphatic rings. The number of rotatable bonds is 0. The molecule has 1 aliphatic carbocycles. The second-order valence-corrected chi connectivity index (χ2v) is 3.97. The summed E-state index contributed by atoms with van der Waals surface area (Å²) in [5, 5.41) is 0. The zero-order valence-electron chi connectivity index (χ0n) is 7.42. The SMILES string of the molecule is O=C1CCC[C@@H]2CCCC[C@H]2O1. The minimum Gasteiger partial charge on any atom is -0.462 e. The Bertz CT molecular complexity index is 177. The third kappa shape index (κ3) is 1.62. The van der Waals surface area contributed by atoms with Gasteiger partial charge in [-0.1, -0.05) is 6.42 Å². The van der Waals surface area contributed by atoms with Gasteiger partial charge in [-0.25, -0.2) is 0 Å². The normalized spacial score (nSPS) is 36.5. The van der Waals surface area contributed by atoms with E-state index in [9.17, 15) is 4.79 Å². The quantitative estimate of drug-likeness (QED) is 0.519. The fraction of sp³-hybridized carbons (Fsp3) is 0.900. The average molecular weight is 168 g/mol. The van der Waals surface area contributed by atoms with Gasteiger partial charge >= 0.3 is 5.97 Å². The molecule has 1 heterocycles. The van der Waals surface area contributed by atoms with E-state index in [0.717, 1.165) is 12.8 Å². The first kappa shape index (κ1) is 8.09. The van der Waals surface area contributed by atoms with E-state index >= 15 is 0 Å². The lowest BCUT2D eigenvalue weighted by molar-refractivity contribution is -0.151. The van der Waals surface area contributed by atoms with Crippen LogP contribution >= 0.6 is 0 Å². The van der Waals surface area contributed by atoms with Gasteiger partial charge in [0.05, 0.1) is 0 Å². The van der Waals surface area contributed by atoms with Crippen molar-refractivity contribution in [2.45, 2.75) is 51.0 Å². The van der Waals surface area contributed by atoms with Crippen molar-refractivity contribution in [2.24, 2.45) is 5.92 Å². The molecule has 2 fully saturated rings. The second-order valence-electron chi connectivity index (χ2n) is 3.97. The first-order valence-corrected chi connectivity index (χ1v) is 5.06. The third-order valence-corrected chi connectivity index (χ3v) is 3.08. The monoisotopic (exact) mass is 168 g/mol. The largest absolute Gasteiger partial charge is 0.462 e. The molecule has 0 aromatic carbocycles. The maximum absolute atomic E-state index is 11.1. The molecule has 0 unspecified atom stereocenters. The molecule has 2 rings (SSSR count). The molecule has 0 N–H and O–H groups in total. The first-order valence-electron chi connectivity index (χ1n) is 5.06. The van der Waals surface area contributed by atoms with Crippen molar-refractivity contribution in [1.29, 1.82) is 0 Å². The van der Waals surface area contributed by atoms with Crippen LogP contribution in [0.5, 0.6) is 0 Å². The van der Waals surface area contributed by atoms with Gasteiger partial charge in [0, 0.05) is 6.42 Å². The minimum atomic E-state index is 0.0319. The molecular weight excluding hydrogens is 152 g/mol. The highest BCUT2D eigenvalue weighted by atomic mass is 16.5. The van der Waals surface area contributed by atoms with Gasteiger partial charge in [-0.15, -0.1) is 0 Å². The Labute approximate surface area is 73.3 Å².